The lowest BCUT2D eigenvalue weighted by molar-refractivity contribution is 0.567. The van der Waals surface area contributed by atoms with Crippen LogP contribution >= 0.6 is 15.9 Å². The summed E-state index contributed by atoms with van der Waals surface area (Å²) in [7, 11) is -3.57. The van der Waals surface area contributed by atoms with Crippen LogP contribution in [0.15, 0.2) is 76.1 Å². The Labute approximate surface area is 144 Å². The third-order valence-electron chi connectivity index (χ3n) is 3.73. The standard InChI is InChI=1S/C18H16BrNO2S/c1-13(14-6-9-17(19)10-7-14)20-23(21,22)18-11-8-15-4-2-3-5-16(15)12-18/h2-13,20H,1H3. The van der Waals surface area contributed by atoms with Gasteiger partial charge in [0.2, 0.25) is 10.0 Å². The molecule has 1 atom stereocenters. The van der Waals surface area contributed by atoms with E-state index >= 15 is 0 Å². The van der Waals surface area contributed by atoms with Gasteiger partial charge in [0, 0.05) is 10.5 Å². The van der Waals surface area contributed by atoms with Crippen LogP contribution in [0.25, 0.3) is 10.8 Å². The molecule has 1 unspecified atom stereocenters. The van der Waals surface area contributed by atoms with Gasteiger partial charge in [-0.2, -0.15) is 0 Å². The maximum Gasteiger partial charge on any atom is 0.241 e. The van der Waals surface area contributed by atoms with Crippen molar-refractivity contribution in [3.05, 3.63) is 76.8 Å². The highest BCUT2D eigenvalue weighted by molar-refractivity contribution is 9.10. The Kier molecular flexibility index (Phi) is 4.53. The highest BCUT2D eigenvalue weighted by atomic mass is 79.9. The number of sulfonamides is 1. The van der Waals surface area contributed by atoms with Crippen molar-refractivity contribution in [1.29, 1.82) is 0 Å². The minimum absolute atomic E-state index is 0.278. The molecule has 0 amide bonds. The van der Waals surface area contributed by atoms with Gasteiger partial charge in [-0.05, 0) is 47.5 Å². The van der Waals surface area contributed by atoms with Gasteiger partial charge in [0.05, 0.1) is 4.90 Å². The largest absolute Gasteiger partial charge is 0.241 e. The Morgan fingerprint density at radius 3 is 2.26 bits per heavy atom. The quantitative estimate of drug-likeness (QED) is 0.706. The molecule has 0 aliphatic carbocycles. The molecule has 0 aromatic heterocycles. The highest BCUT2D eigenvalue weighted by Gasteiger charge is 2.18. The number of nitrogens with one attached hydrogen (secondary N) is 1. The molecule has 0 radical (unpaired) electrons. The average Bonchev–Trinajstić information content (AvgIpc) is 2.54. The van der Waals surface area contributed by atoms with Crippen LogP contribution in [0, 0.1) is 0 Å². The molecule has 0 saturated heterocycles. The maximum atomic E-state index is 12.6. The second-order valence-electron chi connectivity index (χ2n) is 5.40. The molecule has 0 saturated carbocycles. The SMILES string of the molecule is CC(NS(=O)(=O)c1ccc2ccccc2c1)c1ccc(Br)cc1. The third-order valence-corrected chi connectivity index (χ3v) is 5.80. The number of fused-ring (bicyclic) bond motifs is 1. The predicted molar refractivity (Wildman–Crippen MR) is 96.8 cm³/mol. The monoisotopic (exact) mass is 389 g/mol. The molecule has 23 heavy (non-hydrogen) atoms. The van der Waals surface area contributed by atoms with Gasteiger partial charge in [0.25, 0.3) is 0 Å². The molecule has 0 aliphatic rings. The van der Waals surface area contributed by atoms with Crippen LogP contribution < -0.4 is 4.72 Å². The van der Waals surface area contributed by atoms with Gasteiger partial charge in [-0.25, -0.2) is 13.1 Å². The molecule has 3 aromatic carbocycles. The van der Waals surface area contributed by atoms with E-state index in [1.165, 1.54) is 0 Å². The number of hydrogen-bond acceptors (Lipinski definition) is 2. The molecule has 5 heteroatoms. The Morgan fingerprint density at radius 1 is 0.913 bits per heavy atom. The van der Waals surface area contributed by atoms with Crippen molar-refractivity contribution >= 4 is 36.7 Å². The van der Waals surface area contributed by atoms with E-state index in [4.69, 9.17) is 0 Å². The second-order valence-corrected chi connectivity index (χ2v) is 8.03. The molecule has 1 N–H and O–H groups in total. The minimum Gasteiger partial charge on any atom is -0.207 e. The summed E-state index contributed by atoms with van der Waals surface area (Å²) in [4.78, 5) is 0.278. The fraction of sp³-hybridized carbons (Fsp3) is 0.111. The van der Waals surface area contributed by atoms with Crippen molar-refractivity contribution in [2.75, 3.05) is 0 Å². The summed E-state index contributed by atoms with van der Waals surface area (Å²) >= 11 is 3.38. The van der Waals surface area contributed by atoms with Crippen molar-refractivity contribution < 1.29 is 8.42 Å². The van der Waals surface area contributed by atoms with Crippen molar-refractivity contribution in [1.82, 2.24) is 4.72 Å². The maximum absolute atomic E-state index is 12.6. The van der Waals surface area contributed by atoms with Crippen LogP contribution in [0.5, 0.6) is 0 Å². The van der Waals surface area contributed by atoms with Gasteiger partial charge < -0.3 is 0 Å². The molecular weight excluding hydrogens is 374 g/mol. The first kappa shape index (κ1) is 16.2. The summed E-state index contributed by atoms with van der Waals surface area (Å²) in [5.41, 5.74) is 0.914. The third kappa shape index (κ3) is 3.63. The Morgan fingerprint density at radius 2 is 1.57 bits per heavy atom. The number of benzene rings is 3. The molecule has 0 heterocycles. The Hall–Kier alpha value is -1.69. The van der Waals surface area contributed by atoms with E-state index in [-0.39, 0.29) is 10.9 Å². The van der Waals surface area contributed by atoms with Gasteiger partial charge in [0.15, 0.2) is 0 Å². The smallest absolute Gasteiger partial charge is 0.207 e. The second kappa shape index (κ2) is 6.43. The fourth-order valence-electron chi connectivity index (χ4n) is 2.45. The van der Waals surface area contributed by atoms with Gasteiger partial charge in [-0.1, -0.05) is 58.4 Å². The van der Waals surface area contributed by atoms with E-state index < -0.39 is 10.0 Å². The van der Waals surface area contributed by atoms with Crippen LogP contribution in [0.3, 0.4) is 0 Å². The molecule has 0 spiro atoms. The number of hydrogen-bond donors (Lipinski definition) is 1. The summed E-state index contributed by atoms with van der Waals surface area (Å²) in [5, 5.41) is 1.93. The molecular formula is C18H16BrNO2S. The summed E-state index contributed by atoms with van der Waals surface area (Å²) in [6.45, 7) is 1.84. The topological polar surface area (TPSA) is 46.2 Å². The lowest BCUT2D eigenvalue weighted by atomic mass is 10.1. The lowest BCUT2D eigenvalue weighted by Gasteiger charge is -2.15. The van der Waals surface area contributed by atoms with Crippen LogP contribution in [-0.2, 0) is 10.0 Å². The predicted octanol–water partition coefficient (Wildman–Crippen LogP) is 4.64. The molecule has 0 bridgehead atoms. The van der Waals surface area contributed by atoms with E-state index in [2.05, 4.69) is 20.7 Å². The van der Waals surface area contributed by atoms with Crippen molar-refractivity contribution in [2.45, 2.75) is 17.9 Å². The van der Waals surface area contributed by atoms with Crippen molar-refractivity contribution in [3.8, 4) is 0 Å². The number of rotatable bonds is 4. The van der Waals surface area contributed by atoms with Crippen molar-refractivity contribution in [2.24, 2.45) is 0 Å². The van der Waals surface area contributed by atoms with Crippen molar-refractivity contribution in [3.63, 3.8) is 0 Å². The first-order valence-corrected chi connectivity index (χ1v) is 9.50. The zero-order chi connectivity index (χ0) is 16.4. The fourth-order valence-corrected chi connectivity index (χ4v) is 3.99. The van der Waals surface area contributed by atoms with Crippen LogP contribution in [-0.4, -0.2) is 8.42 Å². The Balaban J connectivity index is 1.89. The summed E-state index contributed by atoms with van der Waals surface area (Å²) < 4.78 is 28.9. The van der Waals surface area contributed by atoms with E-state index in [0.717, 1.165) is 20.8 Å². The van der Waals surface area contributed by atoms with Crippen LogP contribution in [0.4, 0.5) is 0 Å². The first-order chi connectivity index (χ1) is 11.0. The first-order valence-electron chi connectivity index (χ1n) is 7.22. The summed E-state index contributed by atoms with van der Waals surface area (Å²) in [6, 6.07) is 20.2. The van der Waals surface area contributed by atoms with Crippen LogP contribution in [0.1, 0.15) is 18.5 Å². The highest BCUT2D eigenvalue weighted by Crippen LogP contribution is 2.22. The normalized spacial score (nSPS) is 13.1. The molecule has 3 nitrogen and oxygen atoms in total. The van der Waals surface area contributed by atoms with E-state index in [0.29, 0.717) is 0 Å². The number of halogens is 1. The van der Waals surface area contributed by atoms with Gasteiger partial charge >= 0.3 is 0 Å². The van der Waals surface area contributed by atoms with Gasteiger partial charge in [-0.15, -0.1) is 0 Å². The molecule has 118 valence electrons. The zero-order valence-electron chi connectivity index (χ0n) is 12.5. The molecule has 0 fully saturated rings. The zero-order valence-corrected chi connectivity index (χ0v) is 14.9. The lowest BCUT2D eigenvalue weighted by Crippen LogP contribution is -2.26. The van der Waals surface area contributed by atoms with E-state index in [9.17, 15) is 8.42 Å². The Bertz CT molecular complexity index is 937. The van der Waals surface area contributed by atoms with E-state index in [1.807, 2.05) is 61.5 Å². The van der Waals surface area contributed by atoms with E-state index in [1.54, 1.807) is 12.1 Å². The summed E-state index contributed by atoms with van der Waals surface area (Å²) in [5.74, 6) is 0. The molecule has 0 aliphatic heterocycles. The molecule has 3 rings (SSSR count). The van der Waals surface area contributed by atoms with Crippen LogP contribution in [0.2, 0.25) is 0 Å². The van der Waals surface area contributed by atoms with Gasteiger partial charge in [-0.3, -0.25) is 0 Å². The molecule has 3 aromatic rings. The summed E-state index contributed by atoms with van der Waals surface area (Å²) in [6.07, 6.45) is 0. The average molecular weight is 390 g/mol. The van der Waals surface area contributed by atoms with Gasteiger partial charge in [0.1, 0.15) is 0 Å². The minimum atomic E-state index is -3.57.